The van der Waals surface area contributed by atoms with E-state index in [1.807, 2.05) is 0 Å². The van der Waals surface area contributed by atoms with Gasteiger partial charge in [0.1, 0.15) is 6.61 Å². The Balaban J connectivity index is 2.23. The highest BCUT2D eigenvalue weighted by molar-refractivity contribution is 5.97. The van der Waals surface area contributed by atoms with Gasteiger partial charge in [0.25, 0.3) is 11.7 Å². The molecule has 3 heterocycles. The van der Waals surface area contributed by atoms with Gasteiger partial charge in [-0.2, -0.15) is 9.50 Å². The van der Waals surface area contributed by atoms with Gasteiger partial charge >= 0.3 is 0 Å². The van der Waals surface area contributed by atoms with E-state index in [9.17, 15) is 4.79 Å². The maximum atomic E-state index is 11.7. The molecule has 0 fully saturated rings. The highest BCUT2D eigenvalue weighted by Crippen LogP contribution is 2.13. The fourth-order valence-electron chi connectivity index (χ4n) is 1.71. The molecule has 0 radical (unpaired) electrons. The van der Waals surface area contributed by atoms with Crippen LogP contribution in [0.4, 0.5) is 0 Å². The number of nitrogens with zero attached hydrogens (tertiary/aromatic N) is 4. The fraction of sp³-hybridized carbons (Fsp3) is 0.200. The molecular weight excluding hydrogens is 236 g/mol. The Morgan fingerprint density at radius 3 is 3.22 bits per heavy atom. The summed E-state index contributed by atoms with van der Waals surface area (Å²) >= 11 is 0. The van der Waals surface area contributed by atoms with Gasteiger partial charge in [0.05, 0.1) is 11.3 Å². The van der Waals surface area contributed by atoms with Crippen LogP contribution in [-0.4, -0.2) is 32.6 Å². The number of hydrogen-bond acceptors (Lipinski definition) is 6. The lowest BCUT2D eigenvalue weighted by Gasteiger charge is -2.03. The van der Waals surface area contributed by atoms with Crippen LogP contribution in [0.15, 0.2) is 12.4 Å². The van der Waals surface area contributed by atoms with Crippen LogP contribution in [0.1, 0.15) is 21.9 Å². The molecule has 0 unspecified atom stereocenters. The van der Waals surface area contributed by atoms with Gasteiger partial charge in [0.15, 0.2) is 5.82 Å². The quantitative estimate of drug-likeness (QED) is 0.741. The van der Waals surface area contributed by atoms with Crippen molar-refractivity contribution in [2.24, 2.45) is 0 Å². The molecule has 92 valence electrons. The second-order valence-corrected chi connectivity index (χ2v) is 3.66. The maximum Gasteiger partial charge on any atom is 0.273 e. The number of nitrogens with one attached hydrogen (secondary N) is 2. The summed E-state index contributed by atoms with van der Waals surface area (Å²) in [5, 5.41) is 4.25. The molecule has 0 saturated heterocycles. The molecule has 2 N–H and O–H groups in total. The van der Waals surface area contributed by atoms with Crippen molar-refractivity contribution < 1.29 is 9.53 Å². The lowest BCUT2D eigenvalue weighted by Crippen LogP contribution is -2.32. The minimum absolute atomic E-state index is 0.270. The summed E-state index contributed by atoms with van der Waals surface area (Å²) in [6.07, 6.45) is 4.82. The van der Waals surface area contributed by atoms with Crippen LogP contribution in [0.3, 0.4) is 0 Å². The monoisotopic (exact) mass is 246 g/mol. The summed E-state index contributed by atoms with van der Waals surface area (Å²) in [7, 11) is 1.57. The molecule has 2 aromatic heterocycles. The van der Waals surface area contributed by atoms with E-state index in [-0.39, 0.29) is 5.91 Å². The van der Waals surface area contributed by atoms with Crippen LogP contribution in [0.2, 0.25) is 0 Å². The molecule has 0 bridgehead atoms. The summed E-state index contributed by atoms with van der Waals surface area (Å²) in [5.74, 6) is 0.678. The third-order valence-electron chi connectivity index (χ3n) is 2.48. The Kier molecular flexibility index (Phi) is 2.41. The van der Waals surface area contributed by atoms with E-state index < -0.39 is 0 Å². The second kappa shape index (κ2) is 4.08. The van der Waals surface area contributed by atoms with Gasteiger partial charge in [0, 0.05) is 19.5 Å². The van der Waals surface area contributed by atoms with Crippen molar-refractivity contribution >= 4 is 17.8 Å². The molecule has 1 aliphatic heterocycles. The van der Waals surface area contributed by atoms with Gasteiger partial charge in [-0.3, -0.25) is 10.2 Å². The Morgan fingerprint density at radius 1 is 1.50 bits per heavy atom. The van der Waals surface area contributed by atoms with Gasteiger partial charge in [0.2, 0.25) is 0 Å². The SMILES string of the molecule is COCc1nc2ncc3c(n2n1)C=CNNC3=O. The average Bonchev–Trinajstić information content (AvgIpc) is 2.68. The first kappa shape index (κ1) is 10.7. The van der Waals surface area contributed by atoms with Crippen LogP contribution in [0.25, 0.3) is 11.9 Å². The normalized spacial score (nSPS) is 13.9. The molecule has 1 amide bonds. The van der Waals surface area contributed by atoms with Gasteiger partial charge in [-0.1, -0.05) is 0 Å². The average molecular weight is 246 g/mol. The number of hydrazine groups is 1. The van der Waals surface area contributed by atoms with Crippen molar-refractivity contribution in [2.45, 2.75) is 6.61 Å². The van der Waals surface area contributed by atoms with Gasteiger partial charge in [-0.05, 0) is 6.08 Å². The van der Waals surface area contributed by atoms with Gasteiger partial charge < -0.3 is 10.2 Å². The lowest BCUT2D eigenvalue weighted by atomic mass is 10.2. The summed E-state index contributed by atoms with van der Waals surface area (Å²) in [6, 6.07) is 0. The Labute approximate surface area is 102 Å². The number of amides is 1. The molecule has 8 nitrogen and oxygen atoms in total. The zero-order chi connectivity index (χ0) is 12.5. The number of methoxy groups -OCH3 is 1. The number of fused-ring (bicyclic) bond motifs is 3. The molecule has 8 heteroatoms. The van der Waals surface area contributed by atoms with E-state index in [0.29, 0.717) is 29.5 Å². The molecule has 0 saturated carbocycles. The molecule has 1 aliphatic rings. The summed E-state index contributed by atoms with van der Waals surface area (Å²) in [4.78, 5) is 20.0. The van der Waals surface area contributed by atoms with Crippen LogP contribution in [-0.2, 0) is 11.3 Å². The molecule has 0 aromatic carbocycles. The molecule has 18 heavy (non-hydrogen) atoms. The van der Waals surface area contributed by atoms with E-state index in [1.54, 1.807) is 19.4 Å². The largest absolute Gasteiger partial charge is 0.377 e. The summed E-state index contributed by atoms with van der Waals surface area (Å²) in [6.45, 7) is 0.298. The first-order valence-corrected chi connectivity index (χ1v) is 5.25. The molecular formula is C10H10N6O2. The Bertz CT molecular complexity index is 647. The van der Waals surface area contributed by atoms with E-state index in [4.69, 9.17) is 4.74 Å². The lowest BCUT2D eigenvalue weighted by molar-refractivity contribution is 0.0941. The highest BCUT2D eigenvalue weighted by Gasteiger charge is 2.17. The van der Waals surface area contributed by atoms with Crippen molar-refractivity contribution in [1.29, 1.82) is 0 Å². The maximum absolute atomic E-state index is 11.7. The van der Waals surface area contributed by atoms with Crippen molar-refractivity contribution in [2.75, 3.05) is 7.11 Å². The number of aromatic nitrogens is 4. The van der Waals surface area contributed by atoms with Crippen molar-refractivity contribution in [3.63, 3.8) is 0 Å². The molecule has 2 aromatic rings. The number of ether oxygens (including phenoxy) is 1. The third kappa shape index (κ3) is 1.59. The van der Waals surface area contributed by atoms with E-state index in [0.717, 1.165) is 0 Å². The number of rotatable bonds is 2. The zero-order valence-electron chi connectivity index (χ0n) is 9.54. The predicted octanol–water partition coefficient (Wildman–Crippen LogP) is -0.511. The smallest absolute Gasteiger partial charge is 0.273 e. The van der Waals surface area contributed by atoms with E-state index >= 15 is 0 Å². The minimum Gasteiger partial charge on any atom is -0.377 e. The van der Waals surface area contributed by atoms with Crippen LogP contribution < -0.4 is 10.9 Å². The summed E-state index contributed by atoms with van der Waals surface area (Å²) < 4.78 is 6.49. The molecule has 0 aliphatic carbocycles. The molecule has 3 rings (SSSR count). The van der Waals surface area contributed by atoms with Gasteiger partial charge in [-0.15, -0.1) is 5.10 Å². The Morgan fingerprint density at radius 2 is 2.39 bits per heavy atom. The first-order chi connectivity index (χ1) is 8.79. The van der Waals surface area contributed by atoms with Crippen LogP contribution in [0.5, 0.6) is 0 Å². The zero-order valence-corrected chi connectivity index (χ0v) is 9.54. The molecule has 0 atom stereocenters. The number of carbonyl (C=O) groups excluding carboxylic acids is 1. The Hall–Kier alpha value is -2.48. The van der Waals surface area contributed by atoms with E-state index in [2.05, 4.69) is 25.9 Å². The second-order valence-electron chi connectivity index (χ2n) is 3.66. The van der Waals surface area contributed by atoms with Gasteiger partial charge in [-0.25, -0.2) is 4.98 Å². The van der Waals surface area contributed by atoms with Crippen LogP contribution >= 0.6 is 0 Å². The van der Waals surface area contributed by atoms with E-state index in [1.165, 1.54) is 10.7 Å². The number of hydrogen-bond donors (Lipinski definition) is 2. The van der Waals surface area contributed by atoms with Crippen molar-refractivity contribution in [3.8, 4) is 0 Å². The minimum atomic E-state index is -0.270. The first-order valence-electron chi connectivity index (χ1n) is 5.25. The predicted molar refractivity (Wildman–Crippen MR) is 61.1 cm³/mol. The van der Waals surface area contributed by atoms with Crippen molar-refractivity contribution in [1.82, 2.24) is 30.4 Å². The fourth-order valence-corrected chi connectivity index (χ4v) is 1.71. The summed E-state index contributed by atoms with van der Waals surface area (Å²) in [5.41, 5.74) is 6.19. The number of carbonyl (C=O) groups is 1. The third-order valence-corrected chi connectivity index (χ3v) is 2.48. The van der Waals surface area contributed by atoms with Crippen molar-refractivity contribution in [3.05, 3.63) is 29.5 Å². The van der Waals surface area contributed by atoms with Crippen LogP contribution in [0, 0.1) is 0 Å². The topological polar surface area (TPSA) is 93.4 Å². The standard InChI is InChI=1S/C10H10N6O2/c1-18-5-8-13-10-11-4-6-7(16(10)15-8)2-3-12-14-9(6)17/h2-4,12H,5H2,1H3,(H,14,17). The highest BCUT2D eigenvalue weighted by atomic mass is 16.5. The molecule has 0 spiro atoms.